The lowest BCUT2D eigenvalue weighted by molar-refractivity contribution is 0.0609. The summed E-state index contributed by atoms with van der Waals surface area (Å²) in [5.41, 5.74) is 8.86. The fourth-order valence-corrected chi connectivity index (χ4v) is 4.97. The van der Waals surface area contributed by atoms with Crippen LogP contribution in [-0.2, 0) is 6.54 Å². The molecule has 2 aromatic carbocycles. The van der Waals surface area contributed by atoms with Crippen LogP contribution in [0.15, 0.2) is 65.5 Å². The number of halogens is 1. The molecule has 8 nitrogen and oxygen atoms in total. The summed E-state index contributed by atoms with van der Waals surface area (Å²) in [4.78, 5) is 29.7. The van der Waals surface area contributed by atoms with Gasteiger partial charge in [0.05, 0.1) is 35.9 Å². The van der Waals surface area contributed by atoms with Gasteiger partial charge >= 0.3 is 5.69 Å². The van der Waals surface area contributed by atoms with Crippen molar-refractivity contribution in [3.8, 4) is 5.75 Å². The van der Waals surface area contributed by atoms with E-state index in [1.54, 1.807) is 42.9 Å². The first-order valence-electron chi connectivity index (χ1n) is 12.7. The van der Waals surface area contributed by atoms with E-state index in [1.165, 1.54) is 4.52 Å². The number of hydrogen-bond acceptors (Lipinski definition) is 5. The van der Waals surface area contributed by atoms with Crippen LogP contribution in [0.4, 0.5) is 0 Å². The Hall–Kier alpha value is -3.62. The lowest BCUT2D eigenvalue weighted by Gasteiger charge is -2.36. The summed E-state index contributed by atoms with van der Waals surface area (Å²) in [6.45, 7) is 7.06. The first kappa shape index (κ1) is 27.4. The van der Waals surface area contributed by atoms with Gasteiger partial charge in [-0.05, 0) is 61.7 Å². The maximum atomic E-state index is 14.0. The zero-order valence-electron chi connectivity index (χ0n) is 22.2. The molecule has 0 saturated carbocycles. The second-order valence-electron chi connectivity index (χ2n) is 9.68. The van der Waals surface area contributed by atoms with Crippen LogP contribution < -0.4 is 16.2 Å². The van der Waals surface area contributed by atoms with Gasteiger partial charge in [-0.2, -0.15) is 9.61 Å². The van der Waals surface area contributed by atoms with E-state index in [0.717, 1.165) is 5.56 Å². The third-order valence-electron chi connectivity index (χ3n) is 6.68. The van der Waals surface area contributed by atoms with Gasteiger partial charge in [0.1, 0.15) is 5.75 Å². The maximum absolute atomic E-state index is 14.0. The number of benzene rings is 2. The topological polar surface area (TPSA) is 94.9 Å². The van der Waals surface area contributed by atoms with Gasteiger partial charge < -0.3 is 15.4 Å². The van der Waals surface area contributed by atoms with Crippen LogP contribution in [0.2, 0.25) is 5.02 Å². The SMILES string of the molecule is COc1ccc(C(=O)N(CCCN)C(c2cc3c(Cl)c(C)nn3c(=O)n2Cc2ccccc2)C(C)C)cc1. The van der Waals surface area contributed by atoms with Crippen molar-refractivity contribution in [3.63, 3.8) is 0 Å². The van der Waals surface area contributed by atoms with Crippen molar-refractivity contribution >= 4 is 23.0 Å². The standard InChI is InChI=1S/C29H34ClN5O3/c1-19(2)27(33(16-8-15-31)28(36)22-11-13-23(38-4)14-12-22)25-17-24-26(30)20(3)32-35(24)29(37)34(25)18-21-9-6-5-7-10-21/h5-7,9-14,17,19,27H,8,15-16,18,31H2,1-4H3. The van der Waals surface area contributed by atoms with Gasteiger partial charge in [0.15, 0.2) is 0 Å². The Balaban J connectivity index is 1.92. The van der Waals surface area contributed by atoms with E-state index in [2.05, 4.69) is 5.10 Å². The Morgan fingerprint density at radius 2 is 1.82 bits per heavy atom. The Morgan fingerprint density at radius 1 is 1.13 bits per heavy atom. The molecule has 1 unspecified atom stereocenters. The highest BCUT2D eigenvalue weighted by atomic mass is 35.5. The number of methoxy groups -OCH3 is 1. The second-order valence-corrected chi connectivity index (χ2v) is 10.1. The molecule has 0 aliphatic heterocycles. The lowest BCUT2D eigenvalue weighted by Crippen LogP contribution is -2.42. The zero-order valence-corrected chi connectivity index (χ0v) is 23.0. The molecule has 200 valence electrons. The molecule has 0 spiro atoms. The highest BCUT2D eigenvalue weighted by molar-refractivity contribution is 6.34. The molecule has 0 aliphatic rings. The number of nitrogens with zero attached hydrogens (tertiary/aromatic N) is 4. The van der Waals surface area contributed by atoms with Crippen LogP contribution in [0, 0.1) is 12.8 Å². The molecular formula is C29H34ClN5O3. The molecule has 0 fully saturated rings. The van der Waals surface area contributed by atoms with Gasteiger partial charge in [0.25, 0.3) is 5.91 Å². The Morgan fingerprint density at radius 3 is 2.42 bits per heavy atom. The minimum atomic E-state index is -0.427. The van der Waals surface area contributed by atoms with Gasteiger partial charge in [-0.25, -0.2) is 4.79 Å². The van der Waals surface area contributed by atoms with Crippen LogP contribution in [0.5, 0.6) is 5.75 Å². The number of aromatic nitrogens is 3. The molecule has 1 amide bonds. The van der Waals surface area contributed by atoms with E-state index in [0.29, 0.717) is 59.3 Å². The third kappa shape index (κ3) is 5.47. The monoisotopic (exact) mass is 535 g/mol. The smallest absolute Gasteiger partial charge is 0.349 e. The van der Waals surface area contributed by atoms with Crippen molar-refractivity contribution in [2.45, 2.75) is 39.8 Å². The van der Waals surface area contributed by atoms with Crippen molar-refractivity contribution in [3.05, 3.63) is 98.7 Å². The molecule has 4 rings (SSSR count). The molecular weight excluding hydrogens is 502 g/mol. The molecule has 4 aromatic rings. The normalized spacial score (nSPS) is 12.2. The number of aryl methyl sites for hydroxylation is 1. The summed E-state index contributed by atoms with van der Waals surface area (Å²) in [6.07, 6.45) is 0.614. The number of hydrogen-bond donors (Lipinski definition) is 1. The molecule has 0 saturated heterocycles. The number of nitrogens with two attached hydrogens (primary N) is 1. The van der Waals surface area contributed by atoms with Crippen LogP contribution in [0.3, 0.4) is 0 Å². The predicted octanol–water partition coefficient (Wildman–Crippen LogP) is 4.70. The number of ether oxygens (including phenoxy) is 1. The van der Waals surface area contributed by atoms with Crippen molar-refractivity contribution in [2.75, 3.05) is 20.2 Å². The van der Waals surface area contributed by atoms with Crippen molar-refractivity contribution in [2.24, 2.45) is 11.7 Å². The Labute approximate surface area is 227 Å². The quantitative estimate of drug-likeness (QED) is 0.317. The molecule has 2 aromatic heterocycles. The van der Waals surface area contributed by atoms with Gasteiger partial charge in [-0.1, -0.05) is 55.8 Å². The zero-order chi connectivity index (χ0) is 27.4. The summed E-state index contributed by atoms with van der Waals surface area (Å²) < 4.78 is 8.31. The molecule has 2 heterocycles. The highest BCUT2D eigenvalue weighted by Crippen LogP contribution is 2.33. The fourth-order valence-electron chi connectivity index (χ4n) is 4.80. The number of fused-ring (bicyclic) bond motifs is 1. The molecule has 0 radical (unpaired) electrons. The molecule has 0 bridgehead atoms. The molecule has 38 heavy (non-hydrogen) atoms. The highest BCUT2D eigenvalue weighted by Gasteiger charge is 2.32. The van der Waals surface area contributed by atoms with Gasteiger partial charge in [-0.15, -0.1) is 0 Å². The fraction of sp³-hybridized carbons (Fsp3) is 0.345. The van der Waals surface area contributed by atoms with Crippen molar-refractivity contribution in [1.82, 2.24) is 19.1 Å². The lowest BCUT2D eigenvalue weighted by atomic mass is 9.96. The number of carbonyl (C=O) groups excluding carboxylic acids is 1. The van der Waals surface area contributed by atoms with Crippen LogP contribution in [0.1, 0.15) is 53.6 Å². The summed E-state index contributed by atoms with van der Waals surface area (Å²) in [5, 5.41) is 4.82. The second kappa shape index (κ2) is 11.8. The average Bonchev–Trinajstić information content (AvgIpc) is 3.21. The predicted molar refractivity (Wildman–Crippen MR) is 150 cm³/mol. The minimum absolute atomic E-state index is 0.0263. The summed E-state index contributed by atoms with van der Waals surface area (Å²) in [5.74, 6) is 0.499. The van der Waals surface area contributed by atoms with Crippen LogP contribution >= 0.6 is 11.6 Å². The maximum Gasteiger partial charge on any atom is 0.349 e. The summed E-state index contributed by atoms with van der Waals surface area (Å²) >= 11 is 6.59. The number of amides is 1. The van der Waals surface area contributed by atoms with Gasteiger partial charge in [0, 0.05) is 17.8 Å². The van der Waals surface area contributed by atoms with Gasteiger partial charge in [-0.3, -0.25) is 9.36 Å². The van der Waals surface area contributed by atoms with E-state index >= 15 is 0 Å². The van der Waals surface area contributed by atoms with E-state index in [4.69, 9.17) is 22.1 Å². The first-order chi connectivity index (χ1) is 18.3. The van der Waals surface area contributed by atoms with E-state index in [1.807, 2.05) is 55.1 Å². The molecule has 0 aliphatic carbocycles. The summed E-state index contributed by atoms with van der Waals surface area (Å²) in [7, 11) is 1.59. The molecule has 9 heteroatoms. The third-order valence-corrected chi connectivity index (χ3v) is 7.15. The number of carbonyl (C=O) groups is 1. The van der Waals surface area contributed by atoms with Crippen LogP contribution in [0.25, 0.3) is 5.52 Å². The molecule has 2 N–H and O–H groups in total. The van der Waals surface area contributed by atoms with Crippen LogP contribution in [-0.4, -0.2) is 45.2 Å². The largest absolute Gasteiger partial charge is 0.497 e. The number of rotatable bonds is 10. The Bertz CT molecular complexity index is 1460. The van der Waals surface area contributed by atoms with Crippen molar-refractivity contribution < 1.29 is 9.53 Å². The first-order valence-corrected chi connectivity index (χ1v) is 13.1. The Kier molecular flexibility index (Phi) is 8.54. The minimum Gasteiger partial charge on any atom is -0.497 e. The average molecular weight is 536 g/mol. The van der Waals surface area contributed by atoms with E-state index in [-0.39, 0.29) is 17.5 Å². The van der Waals surface area contributed by atoms with E-state index in [9.17, 15) is 9.59 Å². The van der Waals surface area contributed by atoms with E-state index < -0.39 is 6.04 Å². The molecule has 1 atom stereocenters. The van der Waals surface area contributed by atoms with Gasteiger partial charge in [0.2, 0.25) is 0 Å². The van der Waals surface area contributed by atoms with Crippen molar-refractivity contribution in [1.29, 1.82) is 0 Å². The summed E-state index contributed by atoms with van der Waals surface area (Å²) in [6, 6.07) is 18.3.